The number of rotatable bonds is 4. The molecule has 1 saturated heterocycles. The molecule has 0 aliphatic carbocycles. The summed E-state index contributed by atoms with van der Waals surface area (Å²) >= 11 is 0. The van der Waals surface area contributed by atoms with E-state index in [9.17, 15) is 14.9 Å². The van der Waals surface area contributed by atoms with Crippen molar-refractivity contribution in [1.82, 2.24) is 4.90 Å². The van der Waals surface area contributed by atoms with Crippen LogP contribution in [0.1, 0.15) is 21.5 Å². The number of hydrogen-bond acceptors (Lipinski definition) is 3. The molecule has 1 heterocycles. The maximum Gasteiger partial charge on any atom is 0.273 e. The summed E-state index contributed by atoms with van der Waals surface area (Å²) in [4.78, 5) is 26.8. The molecule has 148 valence electrons. The first-order valence-electron chi connectivity index (χ1n) is 9.87. The van der Waals surface area contributed by atoms with Crippen LogP contribution >= 0.6 is 0 Å². The van der Waals surface area contributed by atoms with Gasteiger partial charge in [-0.3, -0.25) is 14.9 Å². The Morgan fingerprint density at radius 1 is 1.07 bits per heavy atom. The number of carbonyl (C=O) groups is 1. The smallest absolute Gasteiger partial charge is 0.273 e. The zero-order chi connectivity index (χ0) is 20.4. The van der Waals surface area contributed by atoms with E-state index in [4.69, 9.17) is 0 Å². The van der Waals surface area contributed by atoms with Crippen molar-refractivity contribution in [2.75, 3.05) is 26.2 Å². The highest BCUT2D eigenvalue weighted by molar-refractivity contribution is 5.95. The van der Waals surface area contributed by atoms with Crippen molar-refractivity contribution in [3.8, 4) is 0 Å². The van der Waals surface area contributed by atoms with Crippen molar-refractivity contribution in [1.29, 1.82) is 0 Å². The predicted molar refractivity (Wildman–Crippen MR) is 112 cm³/mol. The summed E-state index contributed by atoms with van der Waals surface area (Å²) in [6, 6.07) is 19.5. The van der Waals surface area contributed by atoms with Crippen LogP contribution in [-0.2, 0) is 6.54 Å². The molecular formula is C23H24N3O3+. The SMILES string of the molecule is Cc1ccc(C(=O)N2CC[NH+](Cc3cccc4ccccc34)CC2)cc1[N+](=O)[O-]. The number of hydrogen-bond donors (Lipinski definition) is 1. The zero-order valence-corrected chi connectivity index (χ0v) is 16.4. The fourth-order valence-corrected chi connectivity index (χ4v) is 4.04. The molecule has 3 aromatic carbocycles. The van der Waals surface area contributed by atoms with Gasteiger partial charge in [0.05, 0.1) is 31.1 Å². The number of nitrogens with zero attached hydrogens (tertiary/aromatic N) is 2. The Kier molecular flexibility index (Phi) is 5.27. The molecule has 0 spiro atoms. The Morgan fingerprint density at radius 3 is 2.55 bits per heavy atom. The molecule has 1 amide bonds. The molecule has 3 aromatic rings. The van der Waals surface area contributed by atoms with Gasteiger partial charge in [0.15, 0.2) is 0 Å². The molecule has 1 N–H and O–H groups in total. The number of aryl methyl sites for hydroxylation is 1. The molecule has 4 rings (SSSR count). The van der Waals surface area contributed by atoms with Crippen LogP contribution in [0, 0.1) is 17.0 Å². The molecule has 0 atom stereocenters. The molecule has 0 bridgehead atoms. The van der Waals surface area contributed by atoms with Crippen LogP contribution in [0.4, 0.5) is 5.69 Å². The van der Waals surface area contributed by atoms with Gasteiger partial charge in [0.1, 0.15) is 6.54 Å². The molecule has 29 heavy (non-hydrogen) atoms. The highest BCUT2D eigenvalue weighted by Gasteiger charge is 2.26. The largest absolute Gasteiger partial charge is 0.328 e. The maximum atomic E-state index is 12.8. The molecule has 0 unspecified atom stereocenters. The van der Waals surface area contributed by atoms with Gasteiger partial charge in [-0.2, -0.15) is 0 Å². The number of fused-ring (bicyclic) bond motifs is 1. The maximum absolute atomic E-state index is 12.8. The first kappa shape index (κ1) is 19.1. The molecule has 1 aliphatic rings. The first-order chi connectivity index (χ1) is 14.0. The van der Waals surface area contributed by atoms with Crippen LogP contribution in [0.15, 0.2) is 60.7 Å². The van der Waals surface area contributed by atoms with E-state index in [1.54, 1.807) is 24.0 Å². The summed E-state index contributed by atoms with van der Waals surface area (Å²) in [5.41, 5.74) is 2.28. The monoisotopic (exact) mass is 390 g/mol. The van der Waals surface area contributed by atoms with E-state index in [0.29, 0.717) is 24.2 Å². The van der Waals surface area contributed by atoms with Gasteiger partial charge in [-0.1, -0.05) is 48.5 Å². The van der Waals surface area contributed by atoms with Gasteiger partial charge >= 0.3 is 0 Å². The highest BCUT2D eigenvalue weighted by Crippen LogP contribution is 2.21. The highest BCUT2D eigenvalue weighted by atomic mass is 16.6. The topological polar surface area (TPSA) is 67.9 Å². The van der Waals surface area contributed by atoms with E-state index < -0.39 is 4.92 Å². The van der Waals surface area contributed by atoms with E-state index in [1.807, 2.05) is 0 Å². The van der Waals surface area contributed by atoms with Gasteiger partial charge in [-0.15, -0.1) is 0 Å². The van der Waals surface area contributed by atoms with E-state index >= 15 is 0 Å². The second-order valence-corrected chi connectivity index (χ2v) is 7.62. The number of benzene rings is 3. The van der Waals surface area contributed by atoms with Crippen LogP contribution in [-0.4, -0.2) is 41.9 Å². The Balaban J connectivity index is 1.42. The normalized spacial score (nSPS) is 14.9. The molecule has 1 aliphatic heterocycles. The predicted octanol–water partition coefficient (Wildman–Crippen LogP) is 2.60. The number of nitro benzene ring substituents is 1. The third-order valence-corrected chi connectivity index (χ3v) is 5.73. The number of nitro groups is 1. The van der Waals surface area contributed by atoms with E-state index in [0.717, 1.165) is 19.6 Å². The minimum Gasteiger partial charge on any atom is -0.328 e. The molecule has 0 radical (unpaired) electrons. The quantitative estimate of drug-likeness (QED) is 0.550. The van der Waals surface area contributed by atoms with Gasteiger partial charge in [0, 0.05) is 22.8 Å². The van der Waals surface area contributed by atoms with Gasteiger partial charge in [-0.25, -0.2) is 0 Å². The Hall–Kier alpha value is -3.25. The lowest BCUT2D eigenvalue weighted by atomic mass is 10.0. The third kappa shape index (κ3) is 3.98. The molecule has 1 fully saturated rings. The van der Waals surface area contributed by atoms with Crippen LogP contribution in [0.25, 0.3) is 10.8 Å². The number of amides is 1. The fourth-order valence-electron chi connectivity index (χ4n) is 4.04. The summed E-state index contributed by atoms with van der Waals surface area (Å²) in [5.74, 6) is -0.127. The standard InChI is InChI=1S/C23H23N3O3/c1-17-9-10-19(15-22(17)26(28)29)23(27)25-13-11-24(12-14-25)16-20-7-4-6-18-5-2-3-8-21(18)20/h2-10,15H,11-14,16H2,1H3/p+1. The van der Waals surface area contributed by atoms with Gasteiger partial charge < -0.3 is 9.80 Å². The summed E-state index contributed by atoms with van der Waals surface area (Å²) in [7, 11) is 0. The van der Waals surface area contributed by atoms with Crippen LogP contribution in [0.3, 0.4) is 0 Å². The molecule has 6 heteroatoms. The second kappa shape index (κ2) is 8.01. The lowest BCUT2D eigenvalue weighted by molar-refractivity contribution is -0.917. The van der Waals surface area contributed by atoms with Crippen molar-refractivity contribution in [2.45, 2.75) is 13.5 Å². The molecular weight excluding hydrogens is 366 g/mol. The summed E-state index contributed by atoms with van der Waals surface area (Å²) in [6.07, 6.45) is 0. The van der Waals surface area contributed by atoms with Crippen molar-refractivity contribution < 1.29 is 14.6 Å². The summed E-state index contributed by atoms with van der Waals surface area (Å²) in [6.45, 7) is 5.65. The summed E-state index contributed by atoms with van der Waals surface area (Å²) < 4.78 is 0. The van der Waals surface area contributed by atoms with Crippen molar-refractivity contribution >= 4 is 22.4 Å². The fraction of sp³-hybridized carbons (Fsp3) is 0.261. The lowest BCUT2D eigenvalue weighted by Crippen LogP contribution is -3.13. The first-order valence-corrected chi connectivity index (χ1v) is 9.87. The molecule has 0 aromatic heterocycles. The Bertz CT molecular complexity index is 1070. The van der Waals surface area contributed by atoms with Crippen molar-refractivity contribution in [2.24, 2.45) is 0 Å². The lowest BCUT2D eigenvalue weighted by Gasteiger charge is -2.32. The molecule has 0 saturated carbocycles. The zero-order valence-electron chi connectivity index (χ0n) is 16.4. The third-order valence-electron chi connectivity index (χ3n) is 5.73. The Morgan fingerprint density at radius 2 is 1.79 bits per heavy atom. The van der Waals surface area contributed by atoms with Crippen molar-refractivity contribution in [3.63, 3.8) is 0 Å². The van der Waals surface area contributed by atoms with E-state index in [2.05, 4.69) is 42.5 Å². The summed E-state index contributed by atoms with van der Waals surface area (Å²) in [5, 5.41) is 13.7. The average molecular weight is 390 g/mol. The minimum atomic E-state index is -0.432. The number of quaternary nitrogens is 1. The van der Waals surface area contributed by atoms with Gasteiger partial charge in [0.2, 0.25) is 0 Å². The second-order valence-electron chi connectivity index (χ2n) is 7.62. The number of piperazine rings is 1. The van der Waals surface area contributed by atoms with E-state index in [-0.39, 0.29) is 11.6 Å². The number of nitrogens with one attached hydrogen (secondary N) is 1. The van der Waals surface area contributed by atoms with Crippen molar-refractivity contribution in [3.05, 3.63) is 87.5 Å². The van der Waals surface area contributed by atoms with Crippen LogP contribution in [0.5, 0.6) is 0 Å². The average Bonchev–Trinajstić information content (AvgIpc) is 2.74. The molecule has 6 nitrogen and oxygen atoms in total. The van der Waals surface area contributed by atoms with E-state index in [1.165, 1.54) is 27.3 Å². The van der Waals surface area contributed by atoms with Gasteiger partial charge in [-0.05, 0) is 23.8 Å². The number of carbonyl (C=O) groups excluding carboxylic acids is 1. The Labute approximate surface area is 169 Å². The van der Waals surface area contributed by atoms with Crippen LogP contribution in [0.2, 0.25) is 0 Å². The van der Waals surface area contributed by atoms with Crippen LogP contribution < -0.4 is 4.90 Å². The van der Waals surface area contributed by atoms with Gasteiger partial charge in [0.25, 0.3) is 11.6 Å². The minimum absolute atomic E-state index is 0.00364.